The van der Waals surface area contributed by atoms with Crippen LogP contribution in [-0.4, -0.2) is 32.7 Å². The SMILES string of the molecule is [B]C1OC(C)C(C)[C@H]1OCCC. The predicted molar refractivity (Wildman–Crippen MR) is 49.3 cm³/mol. The first-order chi connectivity index (χ1) is 5.66. The van der Waals surface area contributed by atoms with Gasteiger partial charge in [-0.3, -0.25) is 0 Å². The van der Waals surface area contributed by atoms with Gasteiger partial charge in [0.2, 0.25) is 0 Å². The molecule has 0 amide bonds. The summed E-state index contributed by atoms with van der Waals surface area (Å²) in [6.45, 7) is 7.03. The largest absolute Gasteiger partial charge is 0.382 e. The highest BCUT2D eigenvalue weighted by Gasteiger charge is 2.36. The van der Waals surface area contributed by atoms with Gasteiger partial charge in [0.1, 0.15) is 7.85 Å². The van der Waals surface area contributed by atoms with Crippen molar-refractivity contribution < 1.29 is 9.47 Å². The zero-order valence-electron chi connectivity index (χ0n) is 8.12. The van der Waals surface area contributed by atoms with Gasteiger partial charge in [-0.25, -0.2) is 0 Å². The van der Waals surface area contributed by atoms with Crippen molar-refractivity contribution in [3.05, 3.63) is 0 Å². The van der Waals surface area contributed by atoms with E-state index in [0.29, 0.717) is 5.92 Å². The van der Waals surface area contributed by atoms with Gasteiger partial charge in [0.25, 0.3) is 0 Å². The standard InChI is InChI=1S/C9H17BO2/c1-4-5-11-8-6(2)7(3)12-9(8)10/h6-9H,4-5H2,1-3H3/t6?,7?,8-,9?/m1/s1. The molecule has 0 N–H and O–H groups in total. The van der Waals surface area contributed by atoms with Crippen molar-refractivity contribution in [2.45, 2.75) is 45.4 Å². The fraction of sp³-hybridized carbons (Fsp3) is 1.00. The summed E-state index contributed by atoms with van der Waals surface area (Å²) in [4.78, 5) is 0. The predicted octanol–water partition coefficient (Wildman–Crippen LogP) is 1.33. The number of hydrogen-bond donors (Lipinski definition) is 0. The van der Waals surface area contributed by atoms with Crippen molar-refractivity contribution in [2.24, 2.45) is 5.92 Å². The Morgan fingerprint density at radius 3 is 2.50 bits per heavy atom. The molecule has 0 aliphatic carbocycles. The molecule has 0 bridgehead atoms. The lowest BCUT2D eigenvalue weighted by atomic mass is 9.89. The Bertz CT molecular complexity index is 140. The molecule has 0 saturated carbocycles. The van der Waals surface area contributed by atoms with Gasteiger partial charge < -0.3 is 9.47 Å². The van der Waals surface area contributed by atoms with Crippen molar-refractivity contribution in [2.75, 3.05) is 6.61 Å². The summed E-state index contributed by atoms with van der Waals surface area (Å²) in [6.07, 6.45) is 1.34. The maximum absolute atomic E-state index is 5.75. The molecule has 1 aliphatic heterocycles. The summed E-state index contributed by atoms with van der Waals surface area (Å²) in [6, 6.07) is -0.235. The first-order valence-corrected chi connectivity index (χ1v) is 4.69. The van der Waals surface area contributed by atoms with Crippen LogP contribution in [0.25, 0.3) is 0 Å². The van der Waals surface area contributed by atoms with Crippen LogP contribution in [0.4, 0.5) is 0 Å². The Morgan fingerprint density at radius 2 is 2.08 bits per heavy atom. The van der Waals surface area contributed by atoms with Crippen LogP contribution in [0.2, 0.25) is 0 Å². The van der Waals surface area contributed by atoms with Crippen LogP contribution in [0, 0.1) is 5.92 Å². The highest BCUT2D eigenvalue weighted by molar-refractivity contribution is 6.11. The van der Waals surface area contributed by atoms with E-state index in [-0.39, 0.29) is 18.2 Å². The van der Waals surface area contributed by atoms with Crippen LogP contribution >= 0.6 is 0 Å². The van der Waals surface area contributed by atoms with Gasteiger partial charge in [0.15, 0.2) is 0 Å². The minimum atomic E-state index is -0.235. The summed E-state index contributed by atoms with van der Waals surface area (Å²) < 4.78 is 11.0. The van der Waals surface area contributed by atoms with Crippen molar-refractivity contribution in [3.63, 3.8) is 0 Å². The Kier molecular flexibility index (Phi) is 3.60. The second-order valence-electron chi connectivity index (χ2n) is 3.50. The summed E-state index contributed by atoms with van der Waals surface area (Å²) in [5, 5.41) is 0. The zero-order valence-corrected chi connectivity index (χ0v) is 8.12. The molecule has 0 aromatic rings. The molecular formula is C9H17BO2. The molecule has 3 unspecified atom stereocenters. The molecule has 1 heterocycles. The fourth-order valence-electron chi connectivity index (χ4n) is 1.52. The molecule has 1 saturated heterocycles. The van der Waals surface area contributed by atoms with Gasteiger partial charge in [-0.15, -0.1) is 0 Å². The lowest BCUT2D eigenvalue weighted by Crippen LogP contribution is -2.29. The summed E-state index contributed by atoms with van der Waals surface area (Å²) in [5.74, 6) is 0.409. The molecule has 3 heteroatoms. The van der Waals surface area contributed by atoms with Crippen molar-refractivity contribution in [3.8, 4) is 0 Å². The van der Waals surface area contributed by atoms with E-state index in [1.807, 2.05) is 6.92 Å². The minimum absolute atomic E-state index is 0.0833. The fourth-order valence-corrected chi connectivity index (χ4v) is 1.52. The van der Waals surface area contributed by atoms with Crippen LogP contribution in [0.1, 0.15) is 27.2 Å². The highest BCUT2D eigenvalue weighted by atomic mass is 16.6. The van der Waals surface area contributed by atoms with E-state index in [1.165, 1.54) is 0 Å². The molecule has 4 atom stereocenters. The van der Waals surface area contributed by atoms with E-state index in [4.69, 9.17) is 17.3 Å². The molecule has 2 nitrogen and oxygen atoms in total. The molecule has 0 aromatic carbocycles. The maximum atomic E-state index is 5.75. The molecule has 68 valence electrons. The van der Waals surface area contributed by atoms with Crippen LogP contribution in [-0.2, 0) is 9.47 Å². The molecule has 1 rings (SSSR count). The Hall–Kier alpha value is -0.0151. The number of ether oxygens (including phenoxy) is 2. The second kappa shape index (κ2) is 4.29. The summed E-state index contributed by atoms with van der Waals surface area (Å²) >= 11 is 0. The molecule has 1 aliphatic rings. The summed E-state index contributed by atoms with van der Waals surface area (Å²) in [7, 11) is 5.75. The number of hydrogen-bond acceptors (Lipinski definition) is 2. The van der Waals surface area contributed by atoms with E-state index < -0.39 is 0 Å². The zero-order chi connectivity index (χ0) is 9.14. The average Bonchev–Trinajstić information content (AvgIpc) is 2.25. The Morgan fingerprint density at radius 1 is 1.42 bits per heavy atom. The molecule has 12 heavy (non-hydrogen) atoms. The third-order valence-corrected chi connectivity index (χ3v) is 2.47. The van der Waals surface area contributed by atoms with E-state index in [1.54, 1.807) is 0 Å². The van der Waals surface area contributed by atoms with Crippen molar-refractivity contribution >= 4 is 7.85 Å². The molecule has 0 spiro atoms. The Balaban J connectivity index is 2.40. The van der Waals surface area contributed by atoms with Gasteiger partial charge in [0.05, 0.1) is 12.2 Å². The quantitative estimate of drug-likeness (QED) is 0.592. The van der Waals surface area contributed by atoms with E-state index in [9.17, 15) is 0 Å². The molecule has 1 fully saturated rings. The van der Waals surface area contributed by atoms with Gasteiger partial charge in [0, 0.05) is 18.5 Å². The normalized spacial score (nSPS) is 41.9. The topological polar surface area (TPSA) is 18.5 Å². The first-order valence-electron chi connectivity index (χ1n) is 4.69. The van der Waals surface area contributed by atoms with Crippen LogP contribution in [0.15, 0.2) is 0 Å². The molecular weight excluding hydrogens is 151 g/mol. The average molecular weight is 168 g/mol. The van der Waals surface area contributed by atoms with E-state index in [2.05, 4.69) is 13.8 Å². The van der Waals surface area contributed by atoms with Crippen molar-refractivity contribution in [1.29, 1.82) is 0 Å². The highest BCUT2D eigenvalue weighted by Crippen LogP contribution is 2.27. The lowest BCUT2D eigenvalue weighted by Gasteiger charge is -2.18. The number of rotatable bonds is 3. The van der Waals surface area contributed by atoms with Gasteiger partial charge in [-0.05, 0) is 13.3 Å². The third-order valence-electron chi connectivity index (χ3n) is 2.47. The first kappa shape index (κ1) is 10.1. The second-order valence-corrected chi connectivity index (χ2v) is 3.50. The molecule has 2 radical (unpaired) electrons. The smallest absolute Gasteiger partial charge is 0.112 e. The van der Waals surface area contributed by atoms with Crippen LogP contribution in [0.3, 0.4) is 0 Å². The Labute approximate surface area is 76.0 Å². The van der Waals surface area contributed by atoms with Crippen LogP contribution in [0.5, 0.6) is 0 Å². The van der Waals surface area contributed by atoms with Crippen LogP contribution < -0.4 is 0 Å². The molecule has 0 aromatic heterocycles. The van der Waals surface area contributed by atoms with Gasteiger partial charge in [-0.2, -0.15) is 0 Å². The summed E-state index contributed by atoms with van der Waals surface area (Å²) in [5.41, 5.74) is 0. The van der Waals surface area contributed by atoms with Gasteiger partial charge in [-0.1, -0.05) is 13.8 Å². The monoisotopic (exact) mass is 168 g/mol. The van der Waals surface area contributed by atoms with E-state index >= 15 is 0 Å². The van der Waals surface area contributed by atoms with E-state index in [0.717, 1.165) is 13.0 Å². The van der Waals surface area contributed by atoms with Gasteiger partial charge >= 0.3 is 0 Å². The maximum Gasteiger partial charge on any atom is 0.112 e. The lowest BCUT2D eigenvalue weighted by molar-refractivity contribution is 0.0127. The minimum Gasteiger partial charge on any atom is -0.382 e. The third kappa shape index (κ3) is 2.02. The van der Waals surface area contributed by atoms with Crippen molar-refractivity contribution in [1.82, 2.24) is 0 Å².